The van der Waals surface area contributed by atoms with Crippen molar-refractivity contribution in [2.45, 2.75) is 53.5 Å². The van der Waals surface area contributed by atoms with Crippen molar-refractivity contribution in [3.8, 4) is 0 Å². The Kier molecular flexibility index (Phi) is 3.94. The maximum Gasteiger partial charge on any atom is 0.224 e. The molecule has 2 nitrogen and oxygen atoms in total. The Morgan fingerprint density at radius 1 is 1.31 bits per heavy atom. The summed E-state index contributed by atoms with van der Waals surface area (Å²) < 4.78 is 0. The molecule has 1 saturated carbocycles. The molecule has 0 aromatic heterocycles. The minimum Gasteiger partial charge on any atom is -0.353 e. The van der Waals surface area contributed by atoms with Gasteiger partial charge in [0.1, 0.15) is 0 Å². The molecule has 0 aliphatic heterocycles. The number of carbonyl (C=O) groups excluding carboxylic acids is 1. The number of hydrogen-bond acceptors (Lipinski definition) is 1. The molecule has 0 bridgehead atoms. The molecule has 3 heteroatoms. The highest BCUT2D eigenvalue weighted by Crippen LogP contribution is 2.68. The molecular formula is C13H24ClNO. The number of hydrogen-bond donors (Lipinski definition) is 1. The molecule has 1 rings (SSSR count). The summed E-state index contributed by atoms with van der Waals surface area (Å²) in [5.41, 5.74) is 0.257. The van der Waals surface area contributed by atoms with Gasteiger partial charge in [0, 0.05) is 17.8 Å². The van der Waals surface area contributed by atoms with Gasteiger partial charge in [-0.05, 0) is 30.6 Å². The van der Waals surface area contributed by atoms with E-state index in [1.165, 1.54) is 0 Å². The van der Waals surface area contributed by atoms with Crippen molar-refractivity contribution in [1.82, 2.24) is 5.32 Å². The number of rotatable bonds is 5. The lowest BCUT2D eigenvalue weighted by molar-refractivity contribution is -0.124. The van der Waals surface area contributed by atoms with E-state index < -0.39 is 0 Å². The van der Waals surface area contributed by atoms with E-state index in [2.05, 4.69) is 33.0 Å². The van der Waals surface area contributed by atoms with Crippen molar-refractivity contribution < 1.29 is 4.79 Å². The van der Waals surface area contributed by atoms with Gasteiger partial charge in [-0.25, -0.2) is 0 Å². The molecule has 1 fully saturated rings. The lowest BCUT2D eigenvalue weighted by Crippen LogP contribution is -2.35. The van der Waals surface area contributed by atoms with Gasteiger partial charge in [-0.3, -0.25) is 4.79 Å². The molecule has 0 radical (unpaired) electrons. The van der Waals surface area contributed by atoms with Crippen molar-refractivity contribution in [3.63, 3.8) is 0 Å². The SMILES string of the molecule is CC(CCCCl)NC(=O)C1C(C)(C)C1(C)C. The molecule has 0 aromatic rings. The molecule has 0 spiro atoms. The third-order valence-corrected chi connectivity index (χ3v) is 4.71. The lowest BCUT2D eigenvalue weighted by Gasteiger charge is -2.14. The van der Waals surface area contributed by atoms with Crippen LogP contribution in [0.5, 0.6) is 0 Å². The monoisotopic (exact) mass is 245 g/mol. The maximum absolute atomic E-state index is 12.1. The van der Waals surface area contributed by atoms with Crippen molar-refractivity contribution in [2.75, 3.05) is 5.88 Å². The Morgan fingerprint density at radius 3 is 2.19 bits per heavy atom. The second-order valence-corrected chi connectivity index (χ2v) is 6.50. The Labute approximate surface area is 104 Å². The number of amides is 1. The summed E-state index contributed by atoms with van der Waals surface area (Å²) in [5.74, 6) is 1.02. The Bertz CT molecular complexity index is 259. The molecule has 94 valence electrons. The normalized spacial score (nSPS) is 23.9. The van der Waals surface area contributed by atoms with E-state index in [1.807, 2.05) is 6.92 Å². The predicted octanol–water partition coefficient (Wildman–Crippen LogP) is 3.19. The van der Waals surface area contributed by atoms with Crippen molar-refractivity contribution in [1.29, 1.82) is 0 Å². The van der Waals surface area contributed by atoms with E-state index in [9.17, 15) is 4.79 Å². The first kappa shape index (κ1) is 13.8. The molecule has 0 saturated heterocycles. The smallest absolute Gasteiger partial charge is 0.224 e. The molecule has 1 unspecified atom stereocenters. The predicted molar refractivity (Wildman–Crippen MR) is 68.6 cm³/mol. The van der Waals surface area contributed by atoms with E-state index in [4.69, 9.17) is 11.6 Å². The first-order valence-corrected chi connectivity index (χ1v) is 6.65. The van der Waals surface area contributed by atoms with Crippen molar-refractivity contribution in [2.24, 2.45) is 16.7 Å². The summed E-state index contributed by atoms with van der Waals surface area (Å²) in [6, 6.07) is 0.235. The van der Waals surface area contributed by atoms with Gasteiger partial charge in [0.2, 0.25) is 5.91 Å². The number of nitrogens with one attached hydrogen (secondary N) is 1. The molecule has 1 amide bonds. The number of halogens is 1. The van der Waals surface area contributed by atoms with Gasteiger partial charge >= 0.3 is 0 Å². The highest BCUT2D eigenvalue weighted by molar-refractivity contribution is 6.17. The second kappa shape index (κ2) is 4.56. The standard InChI is InChI=1S/C13H24ClNO/c1-9(7-6-8-14)15-11(16)10-12(2,3)13(10,4)5/h9-10H,6-8H2,1-5H3,(H,15,16). The lowest BCUT2D eigenvalue weighted by atomic mass is 10.0. The summed E-state index contributed by atoms with van der Waals surface area (Å²) in [7, 11) is 0. The zero-order valence-corrected chi connectivity index (χ0v) is 11.8. The van der Waals surface area contributed by atoms with Crippen LogP contribution in [0.2, 0.25) is 0 Å². The summed E-state index contributed by atoms with van der Waals surface area (Å²) in [4.78, 5) is 12.1. The molecule has 0 aromatic carbocycles. The van der Waals surface area contributed by atoms with Gasteiger partial charge in [0.25, 0.3) is 0 Å². The molecule has 16 heavy (non-hydrogen) atoms. The largest absolute Gasteiger partial charge is 0.353 e. The molecule has 1 aliphatic rings. The van der Waals surface area contributed by atoms with E-state index in [0.29, 0.717) is 5.88 Å². The fourth-order valence-electron chi connectivity index (χ4n) is 2.63. The summed E-state index contributed by atoms with van der Waals surface area (Å²) >= 11 is 5.63. The van der Waals surface area contributed by atoms with E-state index >= 15 is 0 Å². The Balaban J connectivity index is 2.44. The van der Waals surface area contributed by atoms with Gasteiger partial charge < -0.3 is 5.32 Å². The number of alkyl halides is 1. The first-order valence-electron chi connectivity index (χ1n) is 6.11. The van der Waals surface area contributed by atoms with Crippen molar-refractivity contribution >= 4 is 17.5 Å². The van der Waals surface area contributed by atoms with Gasteiger partial charge in [-0.1, -0.05) is 27.7 Å². The van der Waals surface area contributed by atoms with Crippen LogP contribution < -0.4 is 5.32 Å². The van der Waals surface area contributed by atoms with Crippen LogP contribution in [-0.2, 0) is 4.79 Å². The molecular weight excluding hydrogens is 222 g/mol. The van der Waals surface area contributed by atoms with Crippen molar-refractivity contribution in [3.05, 3.63) is 0 Å². The second-order valence-electron chi connectivity index (χ2n) is 6.12. The van der Waals surface area contributed by atoms with Crippen LogP contribution in [0.1, 0.15) is 47.5 Å². The average molecular weight is 246 g/mol. The van der Waals surface area contributed by atoms with Gasteiger partial charge in [0.15, 0.2) is 0 Å². The summed E-state index contributed by atoms with van der Waals surface area (Å²) in [6.45, 7) is 10.7. The molecule has 0 heterocycles. The van der Waals surface area contributed by atoms with E-state index in [0.717, 1.165) is 12.8 Å². The average Bonchev–Trinajstić information content (AvgIpc) is 2.54. The zero-order chi connectivity index (χ0) is 12.6. The third kappa shape index (κ3) is 2.37. The fourth-order valence-corrected chi connectivity index (χ4v) is 2.79. The molecule has 1 N–H and O–H groups in total. The van der Waals surface area contributed by atoms with Crippen LogP contribution in [0.4, 0.5) is 0 Å². The molecule has 1 aliphatic carbocycles. The van der Waals surface area contributed by atoms with Gasteiger partial charge in [-0.2, -0.15) is 0 Å². The van der Waals surface area contributed by atoms with Crippen LogP contribution in [0.15, 0.2) is 0 Å². The van der Waals surface area contributed by atoms with E-state index in [-0.39, 0.29) is 28.7 Å². The fraction of sp³-hybridized carbons (Fsp3) is 0.923. The van der Waals surface area contributed by atoms with Crippen LogP contribution in [-0.4, -0.2) is 17.8 Å². The Morgan fingerprint density at radius 2 is 1.81 bits per heavy atom. The first-order chi connectivity index (χ1) is 7.25. The van der Waals surface area contributed by atoms with Crippen LogP contribution in [0.3, 0.4) is 0 Å². The van der Waals surface area contributed by atoms with Gasteiger partial charge in [-0.15, -0.1) is 11.6 Å². The highest BCUT2D eigenvalue weighted by Gasteiger charge is 2.68. The zero-order valence-electron chi connectivity index (χ0n) is 11.1. The Hall–Kier alpha value is -0.240. The topological polar surface area (TPSA) is 29.1 Å². The minimum atomic E-state index is 0.128. The van der Waals surface area contributed by atoms with Crippen LogP contribution in [0, 0.1) is 16.7 Å². The quantitative estimate of drug-likeness (QED) is 0.741. The molecule has 1 atom stereocenters. The third-order valence-electron chi connectivity index (χ3n) is 4.44. The van der Waals surface area contributed by atoms with Crippen LogP contribution in [0.25, 0.3) is 0 Å². The number of carbonyl (C=O) groups is 1. The minimum absolute atomic E-state index is 0.128. The summed E-state index contributed by atoms with van der Waals surface area (Å²) in [5, 5.41) is 3.09. The van der Waals surface area contributed by atoms with Gasteiger partial charge in [0.05, 0.1) is 0 Å². The summed E-state index contributed by atoms with van der Waals surface area (Å²) in [6.07, 6.45) is 1.92. The maximum atomic E-state index is 12.1. The highest BCUT2D eigenvalue weighted by atomic mass is 35.5. The van der Waals surface area contributed by atoms with E-state index in [1.54, 1.807) is 0 Å². The van der Waals surface area contributed by atoms with Crippen LogP contribution >= 0.6 is 11.6 Å².